The van der Waals surface area contributed by atoms with Crippen molar-refractivity contribution in [3.8, 4) is 11.8 Å². The molecule has 29 heavy (non-hydrogen) atoms. The van der Waals surface area contributed by atoms with Crippen LogP contribution in [0, 0.1) is 11.8 Å². The lowest BCUT2D eigenvalue weighted by Crippen LogP contribution is -2.38. The summed E-state index contributed by atoms with van der Waals surface area (Å²) < 4.78 is 0. The van der Waals surface area contributed by atoms with Gasteiger partial charge >= 0.3 is 0 Å². The maximum Gasteiger partial charge on any atom is 0.174 e. The number of fused-ring (bicyclic) bond motifs is 1. The summed E-state index contributed by atoms with van der Waals surface area (Å²) in [6.07, 6.45) is 5.06. The van der Waals surface area contributed by atoms with Crippen LogP contribution in [0.4, 0.5) is 11.4 Å². The van der Waals surface area contributed by atoms with Crippen molar-refractivity contribution in [1.29, 1.82) is 0 Å². The van der Waals surface area contributed by atoms with E-state index in [0.29, 0.717) is 11.6 Å². The van der Waals surface area contributed by atoms with Crippen LogP contribution in [-0.2, 0) is 11.0 Å². The number of hydrogen-bond donors (Lipinski definition) is 3. The van der Waals surface area contributed by atoms with Crippen LogP contribution >= 0.6 is 11.3 Å². The van der Waals surface area contributed by atoms with E-state index in [1.807, 2.05) is 35.2 Å². The number of aromatic nitrogens is 2. The molecular weight excluding hydrogens is 386 g/mol. The normalized spacial score (nSPS) is 16.6. The minimum atomic E-state index is -1.34. The number of anilines is 2. The molecule has 3 aromatic rings. The molecule has 1 atom stereocenters. The minimum absolute atomic E-state index is 0.165. The third kappa shape index (κ3) is 3.52. The number of pyridine rings is 1. The quantitative estimate of drug-likeness (QED) is 0.575. The molecule has 0 radical (unpaired) electrons. The fourth-order valence-corrected chi connectivity index (χ4v) is 4.19. The Morgan fingerprint density at radius 2 is 1.93 bits per heavy atom. The molecule has 7 heteroatoms. The predicted octanol–water partition coefficient (Wildman–Crippen LogP) is 2.17. The van der Waals surface area contributed by atoms with Crippen molar-refractivity contribution in [2.45, 2.75) is 17.9 Å². The van der Waals surface area contributed by atoms with Gasteiger partial charge in [0.25, 0.3) is 0 Å². The van der Waals surface area contributed by atoms with Gasteiger partial charge in [-0.3, -0.25) is 4.98 Å². The van der Waals surface area contributed by atoms with Crippen molar-refractivity contribution in [3.63, 3.8) is 0 Å². The van der Waals surface area contributed by atoms with Crippen LogP contribution in [0.1, 0.15) is 23.1 Å². The molecule has 6 nitrogen and oxygen atoms in total. The fraction of sp³-hybridized carbons (Fsp3) is 0.273. The number of hydrogen-bond acceptors (Lipinski definition) is 7. The number of rotatable bonds is 4. The second-order valence-electron chi connectivity index (χ2n) is 7.28. The number of aliphatic hydroxyl groups is 3. The molecule has 3 heterocycles. The zero-order chi connectivity index (χ0) is 20.5. The van der Waals surface area contributed by atoms with Gasteiger partial charge in [0.1, 0.15) is 5.01 Å². The van der Waals surface area contributed by atoms with Crippen LogP contribution in [0.15, 0.2) is 54.3 Å². The molecule has 4 rings (SSSR count). The van der Waals surface area contributed by atoms with E-state index in [1.54, 1.807) is 30.9 Å². The van der Waals surface area contributed by atoms with Gasteiger partial charge in [-0.05, 0) is 36.8 Å². The van der Waals surface area contributed by atoms with Gasteiger partial charge in [0.15, 0.2) is 5.60 Å². The van der Waals surface area contributed by atoms with E-state index in [0.717, 1.165) is 22.5 Å². The molecule has 148 valence electrons. The third-order valence-electron chi connectivity index (χ3n) is 5.20. The molecule has 1 aromatic carbocycles. The molecular formula is C22H21N3O3S. The SMILES string of the molecule is CC(O)(C#Cc1ccc2c(c1)N(c1ccncc1)CC2(CO)CO)c1nccs1. The van der Waals surface area contributed by atoms with E-state index in [1.165, 1.54) is 11.3 Å². The third-order valence-corrected chi connectivity index (χ3v) is 6.18. The molecule has 0 saturated heterocycles. The first-order chi connectivity index (χ1) is 14.0. The highest BCUT2D eigenvalue weighted by atomic mass is 32.1. The Bertz CT molecular complexity index is 1050. The highest BCUT2D eigenvalue weighted by molar-refractivity contribution is 7.09. The average molecular weight is 407 g/mol. The molecule has 2 aromatic heterocycles. The van der Waals surface area contributed by atoms with Crippen LogP contribution < -0.4 is 4.90 Å². The Kier molecular flexibility index (Phi) is 5.11. The van der Waals surface area contributed by atoms with Crippen molar-refractivity contribution in [1.82, 2.24) is 9.97 Å². The minimum Gasteiger partial charge on any atom is -0.395 e. The molecule has 1 aliphatic heterocycles. The Hall–Kier alpha value is -2.76. The van der Waals surface area contributed by atoms with Crippen molar-refractivity contribution in [2.24, 2.45) is 0 Å². The first kappa shape index (κ1) is 19.6. The summed E-state index contributed by atoms with van der Waals surface area (Å²) in [7, 11) is 0. The second-order valence-corrected chi connectivity index (χ2v) is 8.17. The highest BCUT2D eigenvalue weighted by Gasteiger charge is 2.42. The first-order valence-electron chi connectivity index (χ1n) is 9.18. The van der Waals surface area contributed by atoms with Gasteiger partial charge in [0.2, 0.25) is 0 Å². The summed E-state index contributed by atoms with van der Waals surface area (Å²) in [6.45, 7) is 1.74. The van der Waals surface area contributed by atoms with Gasteiger partial charge in [-0.1, -0.05) is 17.9 Å². The van der Waals surface area contributed by atoms with E-state index < -0.39 is 11.0 Å². The number of thiazole rings is 1. The van der Waals surface area contributed by atoms with E-state index in [-0.39, 0.29) is 13.2 Å². The maximum atomic E-state index is 10.6. The Labute approximate surface area is 173 Å². The topological polar surface area (TPSA) is 89.7 Å². The molecule has 0 fully saturated rings. The Morgan fingerprint density at radius 1 is 1.17 bits per heavy atom. The molecule has 0 saturated carbocycles. The van der Waals surface area contributed by atoms with Gasteiger partial charge in [-0.15, -0.1) is 11.3 Å². The summed E-state index contributed by atoms with van der Waals surface area (Å²) >= 11 is 1.36. The standard InChI is InChI=1S/C22H21N3O3S/c1-21(28,20-24-10-11-29-20)7-4-16-2-3-18-19(12-16)25(13-22(18,14-26)15-27)17-5-8-23-9-6-17/h2-3,5-6,8-12,26-28H,13-15H2,1H3. The zero-order valence-corrected chi connectivity index (χ0v) is 16.7. The molecule has 1 unspecified atom stereocenters. The van der Waals surface area contributed by atoms with Crippen LogP contribution in [0.5, 0.6) is 0 Å². The second kappa shape index (κ2) is 7.58. The van der Waals surface area contributed by atoms with Gasteiger partial charge in [-0.25, -0.2) is 4.98 Å². The summed E-state index contributed by atoms with van der Waals surface area (Å²) in [5.74, 6) is 5.94. The van der Waals surface area contributed by atoms with E-state index >= 15 is 0 Å². The molecule has 1 aliphatic rings. The number of nitrogens with zero attached hydrogens (tertiary/aromatic N) is 3. The van der Waals surface area contributed by atoms with Crippen LogP contribution in [0.3, 0.4) is 0 Å². The van der Waals surface area contributed by atoms with Gasteiger partial charge in [0.05, 0.1) is 18.6 Å². The van der Waals surface area contributed by atoms with Gasteiger partial charge < -0.3 is 20.2 Å². The smallest absolute Gasteiger partial charge is 0.174 e. The lowest BCUT2D eigenvalue weighted by atomic mass is 9.84. The molecule has 3 N–H and O–H groups in total. The Balaban J connectivity index is 1.76. The zero-order valence-electron chi connectivity index (χ0n) is 15.9. The van der Waals surface area contributed by atoms with Crippen molar-refractivity contribution < 1.29 is 15.3 Å². The first-order valence-corrected chi connectivity index (χ1v) is 10.1. The number of aliphatic hydroxyl groups excluding tert-OH is 2. The predicted molar refractivity (Wildman–Crippen MR) is 112 cm³/mol. The summed E-state index contributed by atoms with van der Waals surface area (Å²) in [5.41, 5.74) is 1.31. The lowest BCUT2D eigenvalue weighted by molar-refractivity contribution is 0.122. The average Bonchev–Trinajstić information content (AvgIpc) is 3.40. The van der Waals surface area contributed by atoms with Crippen molar-refractivity contribution >= 4 is 22.7 Å². The summed E-state index contributed by atoms with van der Waals surface area (Å²) in [6, 6.07) is 9.44. The maximum absolute atomic E-state index is 10.6. The van der Waals surface area contributed by atoms with Crippen LogP contribution in [-0.4, -0.2) is 45.0 Å². The van der Waals surface area contributed by atoms with E-state index in [4.69, 9.17) is 0 Å². The number of benzene rings is 1. The fourth-order valence-electron chi connectivity index (χ4n) is 3.54. The largest absolute Gasteiger partial charge is 0.395 e. The highest BCUT2D eigenvalue weighted by Crippen LogP contribution is 2.44. The monoisotopic (exact) mass is 407 g/mol. The molecule has 0 aliphatic carbocycles. The van der Waals surface area contributed by atoms with Crippen molar-refractivity contribution in [2.75, 3.05) is 24.7 Å². The van der Waals surface area contributed by atoms with Crippen LogP contribution in [0.25, 0.3) is 0 Å². The van der Waals surface area contributed by atoms with Crippen LogP contribution in [0.2, 0.25) is 0 Å². The molecule has 0 amide bonds. The van der Waals surface area contributed by atoms with Crippen molar-refractivity contribution in [3.05, 3.63) is 70.4 Å². The van der Waals surface area contributed by atoms with E-state index in [2.05, 4.69) is 21.8 Å². The molecule has 0 spiro atoms. The van der Waals surface area contributed by atoms with Gasteiger partial charge in [0, 0.05) is 47.5 Å². The lowest BCUT2D eigenvalue weighted by Gasteiger charge is -2.26. The summed E-state index contributed by atoms with van der Waals surface area (Å²) in [4.78, 5) is 10.3. The van der Waals surface area contributed by atoms with Gasteiger partial charge in [-0.2, -0.15) is 0 Å². The summed E-state index contributed by atoms with van der Waals surface area (Å²) in [5, 5.41) is 33.1. The van der Waals surface area contributed by atoms with E-state index in [9.17, 15) is 15.3 Å². The Morgan fingerprint density at radius 3 is 2.59 bits per heavy atom. The molecule has 0 bridgehead atoms.